The number of hydrogen-bond donors (Lipinski definition) is 0. The molecule has 4 unspecified atom stereocenters. The topological polar surface area (TPSA) is 6.48 Å². The normalized spacial score (nSPS) is 22.3. The minimum absolute atomic E-state index is 0.00107. The lowest BCUT2D eigenvalue weighted by atomic mass is 9.63. The van der Waals surface area contributed by atoms with Crippen LogP contribution in [0.3, 0.4) is 0 Å². The summed E-state index contributed by atoms with van der Waals surface area (Å²) >= 11 is 1.86. The van der Waals surface area contributed by atoms with E-state index in [9.17, 15) is 0 Å². The third-order valence-electron chi connectivity index (χ3n) is 15.8. The molecule has 6 aliphatic rings. The van der Waals surface area contributed by atoms with Crippen LogP contribution in [0.5, 0.6) is 0 Å². The first-order chi connectivity index (χ1) is 32.5. The van der Waals surface area contributed by atoms with Gasteiger partial charge in [-0.15, -0.1) is 0 Å². The van der Waals surface area contributed by atoms with Crippen LogP contribution in [-0.4, -0.2) is 6.54 Å². The van der Waals surface area contributed by atoms with Crippen molar-refractivity contribution in [2.24, 2.45) is 11.8 Å². The molecule has 0 saturated carbocycles. The minimum atomic E-state index is -0.421. The summed E-state index contributed by atoms with van der Waals surface area (Å²) in [6.07, 6.45) is 22.0. The largest absolute Gasteiger partial charge is 0.342 e. The van der Waals surface area contributed by atoms with Gasteiger partial charge in [-0.1, -0.05) is 202 Å². The molecule has 2 nitrogen and oxygen atoms in total. The van der Waals surface area contributed by atoms with Crippen LogP contribution in [0, 0.1) is 11.8 Å². The van der Waals surface area contributed by atoms with E-state index in [1.165, 1.54) is 94.7 Å². The van der Waals surface area contributed by atoms with Crippen LogP contribution in [0.15, 0.2) is 227 Å². The highest BCUT2D eigenvalue weighted by Gasteiger charge is 2.54. The van der Waals surface area contributed by atoms with Crippen molar-refractivity contribution in [3.63, 3.8) is 0 Å². The highest BCUT2D eigenvalue weighted by atomic mass is 32.2. The number of nitrogens with zero attached hydrogens (tertiary/aromatic N) is 2. The van der Waals surface area contributed by atoms with Gasteiger partial charge in [-0.05, 0) is 117 Å². The minimum Gasteiger partial charge on any atom is -0.342 e. The predicted molar refractivity (Wildman–Crippen MR) is 276 cm³/mol. The lowest BCUT2D eigenvalue weighted by molar-refractivity contribution is 0.391. The van der Waals surface area contributed by atoms with Gasteiger partial charge in [0, 0.05) is 51.2 Å². The number of para-hydroxylation sites is 3. The van der Waals surface area contributed by atoms with Gasteiger partial charge in [0.05, 0.1) is 16.8 Å². The molecule has 4 aliphatic carbocycles. The standard InChI is InChI=1S/C63H52N2S/c1-62(2)53-38-42(29-33-49(53)50-35-31-47(40-54(50)62)64-37-15-17-44-16-9-10-22-57(44)64)27-28-43-30-34-51-52-36-32-48(65-58-23-11-13-25-60(58)66-61-26-14-12-24-59(61)65)41-56(52)63(55(51)39-43,45-18-5-3-6-19-45)46-20-7-4-8-21-46/h3-14,16,18-36,38-41,50,52,54,56H,15,17,37H2,1-2H3/b28-27+. The fourth-order valence-corrected chi connectivity index (χ4v) is 13.8. The Labute approximate surface area is 394 Å². The van der Waals surface area contributed by atoms with Crippen LogP contribution in [0.2, 0.25) is 0 Å². The molecule has 2 aliphatic heterocycles. The molecule has 7 aromatic rings. The van der Waals surface area contributed by atoms with Crippen molar-refractivity contribution < 1.29 is 0 Å². The monoisotopic (exact) mass is 868 g/mol. The second kappa shape index (κ2) is 15.4. The van der Waals surface area contributed by atoms with Crippen LogP contribution in [0.1, 0.15) is 82.2 Å². The molecule has 320 valence electrons. The molecule has 0 aromatic heterocycles. The van der Waals surface area contributed by atoms with E-state index in [1.54, 1.807) is 0 Å². The SMILES string of the molecule is CC1(C)c2cc(/C=C/c3ccc4c(c3)C(c3ccccc3)(c3ccccc3)C3C=C(N5c6ccccc6Sc6ccccc65)C=CC43)ccc2C2C=CC(N3CCCc4ccccc43)=CC21. The Morgan fingerprint density at radius 3 is 1.73 bits per heavy atom. The lowest BCUT2D eigenvalue weighted by Crippen LogP contribution is -2.36. The first-order valence-electron chi connectivity index (χ1n) is 23.9. The van der Waals surface area contributed by atoms with Crippen molar-refractivity contribution in [1.29, 1.82) is 0 Å². The molecule has 0 saturated heterocycles. The third-order valence-corrected chi connectivity index (χ3v) is 16.9. The molecule has 0 N–H and O–H groups in total. The Kier molecular flexibility index (Phi) is 9.22. The number of aryl methyl sites for hydroxylation is 1. The van der Waals surface area contributed by atoms with Crippen molar-refractivity contribution in [1.82, 2.24) is 0 Å². The van der Waals surface area contributed by atoms with Gasteiger partial charge in [-0.25, -0.2) is 0 Å². The molecule has 13 rings (SSSR count). The van der Waals surface area contributed by atoms with Gasteiger partial charge in [0.2, 0.25) is 0 Å². The molecule has 0 spiro atoms. The van der Waals surface area contributed by atoms with E-state index in [0.29, 0.717) is 11.8 Å². The van der Waals surface area contributed by atoms with Crippen LogP contribution >= 0.6 is 11.8 Å². The molecule has 2 heterocycles. The number of hydrogen-bond acceptors (Lipinski definition) is 3. The second-order valence-electron chi connectivity index (χ2n) is 19.5. The van der Waals surface area contributed by atoms with Crippen molar-refractivity contribution in [3.05, 3.63) is 268 Å². The summed E-state index contributed by atoms with van der Waals surface area (Å²) in [6.45, 7) is 6.00. The summed E-state index contributed by atoms with van der Waals surface area (Å²) in [5, 5.41) is 0. The van der Waals surface area contributed by atoms with Crippen molar-refractivity contribution in [2.45, 2.75) is 59.1 Å². The summed E-state index contributed by atoms with van der Waals surface area (Å²) in [4.78, 5) is 7.62. The van der Waals surface area contributed by atoms with E-state index in [0.717, 1.165) is 13.0 Å². The van der Waals surface area contributed by atoms with E-state index in [4.69, 9.17) is 0 Å². The predicted octanol–water partition coefficient (Wildman–Crippen LogP) is 15.6. The number of benzene rings is 7. The van der Waals surface area contributed by atoms with Crippen LogP contribution in [-0.2, 0) is 17.3 Å². The maximum atomic E-state index is 2.60. The molecule has 0 bridgehead atoms. The van der Waals surface area contributed by atoms with Gasteiger partial charge in [-0.3, -0.25) is 0 Å². The van der Waals surface area contributed by atoms with Crippen LogP contribution < -0.4 is 9.80 Å². The fourth-order valence-electron chi connectivity index (χ4n) is 12.7. The fraction of sp³-hybridized carbons (Fsp3) is 0.175. The second-order valence-corrected chi connectivity index (χ2v) is 20.6. The van der Waals surface area contributed by atoms with Gasteiger partial charge in [0.25, 0.3) is 0 Å². The lowest BCUT2D eigenvalue weighted by Gasteiger charge is -2.41. The van der Waals surface area contributed by atoms with Gasteiger partial charge in [0.15, 0.2) is 0 Å². The molecule has 7 aromatic carbocycles. The van der Waals surface area contributed by atoms with E-state index in [-0.39, 0.29) is 17.3 Å². The molecule has 0 radical (unpaired) electrons. The summed E-state index contributed by atoms with van der Waals surface area (Å²) < 4.78 is 0. The highest BCUT2D eigenvalue weighted by Crippen LogP contribution is 2.61. The first kappa shape index (κ1) is 39.5. The Morgan fingerprint density at radius 1 is 0.530 bits per heavy atom. The van der Waals surface area contributed by atoms with E-state index in [1.807, 2.05) is 11.8 Å². The molecule has 3 heteroatoms. The first-order valence-corrected chi connectivity index (χ1v) is 24.7. The maximum absolute atomic E-state index is 2.60. The van der Waals surface area contributed by atoms with E-state index < -0.39 is 5.41 Å². The maximum Gasteiger partial charge on any atom is 0.0601 e. The summed E-state index contributed by atoms with van der Waals surface area (Å²) in [6, 6.07) is 63.9. The van der Waals surface area contributed by atoms with Crippen molar-refractivity contribution in [3.8, 4) is 0 Å². The summed E-state index contributed by atoms with van der Waals surface area (Å²) in [7, 11) is 0. The Balaban J connectivity index is 0.883. The average Bonchev–Trinajstić information content (AvgIpc) is 3.79. The molecule has 4 atom stereocenters. The molecule has 0 fully saturated rings. The highest BCUT2D eigenvalue weighted by molar-refractivity contribution is 7.99. The summed E-state index contributed by atoms with van der Waals surface area (Å²) in [5.74, 6) is 1.15. The number of anilines is 3. The zero-order chi connectivity index (χ0) is 44.0. The molecule has 66 heavy (non-hydrogen) atoms. The summed E-state index contributed by atoms with van der Waals surface area (Å²) in [5.41, 5.74) is 18.3. The third kappa shape index (κ3) is 6.02. The molecular formula is C63H52N2S. The van der Waals surface area contributed by atoms with Gasteiger partial charge < -0.3 is 9.80 Å². The number of rotatable bonds is 6. The van der Waals surface area contributed by atoms with Crippen molar-refractivity contribution in [2.75, 3.05) is 16.3 Å². The van der Waals surface area contributed by atoms with Gasteiger partial charge in [0.1, 0.15) is 0 Å². The molecular weight excluding hydrogens is 817 g/mol. The Morgan fingerprint density at radius 2 is 1.06 bits per heavy atom. The number of fused-ring (bicyclic) bond motifs is 9. The van der Waals surface area contributed by atoms with E-state index >= 15 is 0 Å². The average molecular weight is 869 g/mol. The smallest absolute Gasteiger partial charge is 0.0601 e. The zero-order valence-corrected chi connectivity index (χ0v) is 38.3. The van der Waals surface area contributed by atoms with Crippen LogP contribution in [0.25, 0.3) is 12.2 Å². The Bertz CT molecular complexity index is 3140. The van der Waals surface area contributed by atoms with Gasteiger partial charge in [-0.2, -0.15) is 0 Å². The number of allylic oxidation sites excluding steroid dienone is 6. The van der Waals surface area contributed by atoms with Crippen LogP contribution in [0.4, 0.5) is 17.1 Å². The Hall–Kier alpha value is -6.81. The zero-order valence-electron chi connectivity index (χ0n) is 37.5. The molecule has 0 amide bonds. The van der Waals surface area contributed by atoms with Crippen molar-refractivity contribution >= 4 is 41.0 Å². The quantitative estimate of drug-likeness (QED) is 0.154. The van der Waals surface area contributed by atoms with Gasteiger partial charge >= 0.3 is 0 Å². The van der Waals surface area contributed by atoms with E-state index in [2.05, 4.69) is 242 Å².